The van der Waals surface area contributed by atoms with E-state index in [0.29, 0.717) is 48.5 Å². The molecule has 1 spiro atoms. The van der Waals surface area contributed by atoms with Crippen molar-refractivity contribution < 1.29 is 24.1 Å². The second-order valence-electron chi connectivity index (χ2n) is 11.7. The topological polar surface area (TPSA) is 70.0 Å². The Balaban J connectivity index is 1.30. The lowest BCUT2D eigenvalue weighted by molar-refractivity contribution is -0.137. The maximum atomic E-state index is 14.4. The van der Waals surface area contributed by atoms with Crippen molar-refractivity contribution in [1.29, 1.82) is 0 Å². The number of alkyl halides is 1. The molecule has 1 saturated carbocycles. The third-order valence-corrected chi connectivity index (χ3v) is 7.57. The Labute approximate surface area is 199 Å². The molecule has 0 radical (unpaired) electrons. The summed E-state index contributed by atoms with van der Waals surface area (Å²) in [4.78, 5) is 14.5. The first-order valence-corrected chi connectivity index (χ1v) is 12.8. The van der Waals surface area contributed by atoms with E-state index in [4.69, 9.17) is 9.84 Å². The summed E-state index contributed by atoms with van der Waals surface area (Å²) in [5, 5.41) is 18.9. The molecule has 0 aromatic carbocycles. The van der Waals surface area contributed by atoms with E-state index < -0.39 is 12.3 Å². The largest absolute Gasteiger partial charge is 0.498 e. The lowest BCUT2D eigenvalue weighted by Crippen LogP contribution is -2.49. The first kappa shape index (κ1) is 26.2. The molecule has 0 aromatic rings. The highest BCUT2D eigenvalue weighted by Crippen LogP contribution is 2.54. The Morgan fingerprint density at radius 2 is 1.94 bits per heavy atom. The average molecular weight is 466 g/mol. The molecular weight excluding hydrogens is 421 g/mol. The zero-order valence-electron chi connectivity index (χ0n) is 20.8. The summed E-state index contributed by atoms with van der Waals surface area (Å²) >= 11 is 0. The van der Waals surface area contributed by atoms with Crippen molar-refractivity contribution in [1.82, 2.24) is 4.90 Å². The van der Waals surface area contributed by atoms with E-state index in [1.165, 1.54) is 12.8 Å². The molecule has 1 amide bonds. The molecular formula is C27H44FNO4. The highest BCUT2D eigenvalue weighted by molar-refractivity contribution is 5.76. The van der Waals surface area contributed by atoms with Gasteiger partial charge in [-0.1, -0.05) is 26.8 Å². The van der Waals surface area contributed by atoms with Gasteiger partial charge in [0.1, 0.15) is 6.17 Å². The fourth-order valence-electron chi connectivity index (χ4n) is 5.68. The van der Waals surface area contributed by atoms with Crippen LogP contribution in [0.15, 0.2) is 23.5 Å². The fraction of sp³-hybridized carbons (Fsp3) is 0.815. The Hall–Kier alpha value is -1.40. The van der Waals surface area contributed by atoms with Gasteiger partial charge in [-0.2, -0.15) is 0 Å². The Morgan fingerprint density at radius 1 is 1.24 bits per heavy atom. The van der Waals surface area contributed by atoms with Gasteiger partial charge in [-0.15, -0.1) is 0 Å². The zero-order valence-corrected chi connectivity index (χ0v) is 20.8. The number of carbonyl (C=O) groups excluding carboxylic acids is 1. The maximum Gasteiger partial charge on any atom is 0.223 e. The van der Waals surface area contributed by atoms with E-state index >= 15 is 0 Å². The average Bonchev–Trinajstić information content (AvgIpc) is 2.73. The van der Waals surface area contributed by atoms with E-state index in [1.807, 2.05) is 0 Å². The Bertz CT molecular complexity index is 710. The SMILES string of the molecule is CC(C)(C)CC(=O)N1CCC2(CC1)CC(CCCOC1=CC=C(C(O)CCCO)C(F)C1)C2. The van der Waals surface area contributed by atoms with Crippen LogP contribution in [0.5, 0.6) is 0 Å². The number of hydrogen-bond acceptors (Lipinski definition) is 4. The van der Waals surface area contributed by atoms with Crippen molar-refractivity contribution in [2.75, 3.05) is 26.3 Å². The van der Waals surface area contributed by atoms with Crippen LogP contribution in [0.25, 0.3) is 0 Å². The minimum absolute atomic E-state index is 0.00315. The van der Waals surface area contributed by atoms with Crippen molar-refractivity contribution in [2.24, 2.45) is 16.7 Å². The van der Waals surface area contributed by atoms with Crippen LogP contribution in [0.2, 0.25) is 0 Å². The maximum absolute atomic E-state index is 14.4. The van der Waals surface area contributed by atoms with Crippen LogP contribution in [0.4, 0.5) is 4.39 Å². The Morgan fingerprint density at radius 3 is 2.55 bits per heavy atom. The van der Waals surface area contributed by atoms with Crippen LogP contribution in [-0.4, -0.2) is 59.6 Å². The smallest absolute Gasteiger partial charge is 0.223 e. The van der Waals surface area contributed by atoms with Crippen LogP contribution in [0, 0.1) is 16.7 Å². The third-order valence-electron chi connectivity index (χ3n) is 7.57. The molecule has 2 unspecified atom stereocenters. The molecule has 2 fully saturated rings. The predicted octanol–water partition coefficient (Wildman–Crippen LogP) is 4.92. The summed E-state index contributed by atoms with van der Waals surface area (Å²) in [6.07, 6.45) is 9.94. The van der Waals surface area contributed by atoms with Crippen molar-refractivity contribution in [2.45, 2.75) is 97.3 Å². The molecule has 6 heteroatoms. The molecule has 2 aliphatic carbocycles. The number of halogens is 1. The van der Waals surface area contributed by atoms with Gasteiger partial charge < -0.3 is 19.8 Å². The molecule has 1 saturated heterocycles. The second kappa shape index (κ2) is 11.4. The van der Waals surface area contributed by atoms with Crippen LogP contribution in [-0.2, 0) is 9.53 Å². The van der Waals surface area contributed by atoms with E-state index in [0.717, 1.165) is 44.7 Å². The van der Waals surface area contributed by atoms with E-state index in [9.17, 15) is 14.3 Å². The van der Waals surface area contributed by atoms with Gasteiger partial charge in [0.15, 0.2) is 0 Å². The van der Waals surface area contributed by atoms with Crippen LogP contribution < -0.4 is 0 Å². The molecule has 2 atom stereocenters. The summed E-state index contributed by atoms with van der Waals surface area (Å²) in [7, 11) is 0. The summed E-state index contributed by atoms with van der Waals surface area (Å²) in [6, 6.07) is 0. The highest BCUT2D eigenvalue weighted by Gasteiger charge is 2.45. The molecule has 0 bridgehead atoms. The molecule has 188 valence electrons. The predicted molar refractivity (Wildman–Crippen MR) is 128 cm³/mol. The normalized spacial score (nSPS) is 24.2. The number of rotatable bonds is 10. The van der Waals surface area contributed by atoms with Gasteiger partial charge in [0.05, 0.1) is 18.5 Å². The van der Waals surface area contributed by atoms with E-state index in [1.54, 1.807) is 12.2 Å². The minimum Gasteiger partial charge on any atom is -0.498 e. The summed E-state index contributed by atoms with van der Waals surface area (Å²) in [5.41, 5.74) is 0.895. The van der Waals surface area contributed by atoms with Gasteiger partial charge in [-0.3, -0.25) is 4.79 Å². The summed E-state index contributed by atoms with van der Waals surface area (Å²) < 4.78 is 20.2. The number of allylic oxidation sites excluding steroid dienone is 3. The molecule has 2 N–H and O–H groups in total. The fourth-order valence-corrected chi connectivity index (χ4v) is 5.68. The second-order valence-corrected chi connectivity index (χ2v) is 11.7. The quantitative estimate of drug-likeness (QED) is 0.449. The first-order chi connectivity index (χ1) is 15.6. The van der Waals surface area contributed by atoms with Gasteiger partial charge in [0, 0.05) is 32.5 Å². The van der Waals surface area contributed by atoms with Crippen molar-refractivity contribution >= 4 is 5.91 Å². The zero-order chi connectivity index (χ0) is 24.1. The highest BCUT2D eigenvalue weighted by atomic mass is 19.1. The van der Waals surface area contributed by atoms with Crippen molar-refractivity contribution in [3.8, 4) is 0 Å². The number of hydrogen-bond donors (Lipinski definition) is 2. The lowest BCUT2D eigenvalue weighted by Gasteiger charge is -2.52. The molecule has 5 nitrogen and oxygen atoms in total. The van der Waals surface area contributed by atoms with Gasteiger partial charge in [0.2, 0.25) is 5.91 Å². The summed E-state index contributed by atoms with van der Waals surface area (Å²) in [5.74, 6) is 1.70. The van der Waals surface area contributed by atoms with Crippen LogP contribution in [0.1, 0.15) is 85.0 Å². The number of amides is 1. The van der Waals surface area contributed by atoms with Gasteiger partial charge in [-0.05, 0) is 79.8 Å². The van der Waals surface area contributed by atoms with Crippen LogP contribution >= 0.6 is 0 Å². The van der Waals surface area contributed by atoms with Crippen molar-refractivity contribution in [3.63, 3.8) is 0 Å². The molecule has 1 aliphatic heterocycles. The number of piperidine rings is 1. The molecule has 3 rings (SSSR count). The first-order valence-electron chi connectivity index (χ1n) is 12.8. The minimum atomic E-state index is -1.22. The molecule has 3 aliphatic rings. The Kier molecular flexibility index (Phi) is 9.02. The van der Waals surface area contributed by atoms with Gasteiger partial charge >= 0.3 is 0 Å². The van der Waals surface area contributed by atoms with Gasteiger partial charge in [0.25, 0.3) is 0 Å². The summed E-state index contributed by atoms with van der Waals surface area (Å²) in [6.45, 7) is 8.79. The number of ether oxygens (including phenoxy) is 1. The van der Waals surface area contributed by atoms with E-state index in [-0.39, 0.29) is 18.4 Å². The monoisotopic (exact) mass is 465 g/mol. The molecule has 0 aromatic heterocycles. The number of aliphatic hydroxyl groups excluding tert-OH is 2. The standard InChI is InChI=1S/C27H44FNO4/c1-26(2,3)19-25(32)29-12-10-27(11-13-29)17-20(18-27)6-5-15-33-21-8-9-22(23(28)16-21)24(31)7-4-14-30/h8-9,20,23-24,30-31H,4-7,10-19H2,1-3H3. The molecule has 1 heterocycles. The van der Waals surface area contributed by atoms with Crippen molar-refractivity contribution in [3.05, 3.63) is 23.5 Å². The number of nitrogens with zero attached hydrogens (tertiary/aromatic N) is 1. The van der Waals surface area contributed by atoms with Gasteiger partial charge in [-0.25, -0.2) is 4.39 Å². The molecule has 33 heavy (non-hydrogen) atoms. The number of aliphatic hydroxyl groups is 2. The van der Waals surface area contributed by atoms with Crippen LogP contribution in [0.3, 0.4) is 0 Å². The number of carbonyl (C=O) groups is 1. The lowest BCUT2D eigenvalue weighted by atomic mass is 9.56. The number of likely N-dealkylation sites (tertiary alicyclic amines) is 1. The van der Waals surface area contributed by atoms with E-state index in [2.05, 4.69) is 25.7 Å². The third kappa shape index (κ3) is 7.54.